The van der Waals surface area contributed by atoms with Crippen molar-refractivity contribution < 1.29 is 5.11 Å². The van der Waals surface area contributed by atoms with E-state index in [2.05, 4.69) is 11.8 Å². The SMILES string of the molecule is CC1(O)CCCC1N1CCC2CCCCC2C1. The molecule has 0 bridgehead atoms. The minimum Gasteiger partial charge on any atom is -0.389 e. The van der Waals surface area contributed by atoms with Crippen LogP contribution in [0, 0.1) is 11.8 Å². The van der Waals surface area contributed by atoms with E-state index >= 15 is 0 Å². The van der Waals surface area contributed by atoms with E-state index in [1.165, 1.54) is 58.0 Å². The second-order valence-corrected chi connectivity index (χ2v) is 6.85. The van der Waals surface area contributed by atoms with E-state index in [1.807, 2.05) is 0 Å². The number of rotatable bonds is 1. The molecule has 4 unspecified atom stereocenters. The molecule has 0 radical (unpaired) electrons. The molecule has 0 amide bonds. The first-order valence-electron chi connectivity index (χ1n) is 7.63. The summed E-state index contributed by atoms with van der Waals surface area (Å²) in [7, 11) is 0. The monoisotopic (exact) mass is 237 g/mol. The van der Waals surface area contributed by atoms with Crippen LogP contribution < -0.4 is 0 Å². The van der Waals surface area contributed by atoms with Crippen LogP contribution in [0.25, 0.3) is 0 Å². The maximum atomic E-state index is 10.5. The zero-order valence-electron chi connectivity index (χ0n) is 11.2. The first-order valence-corrected chi connectivity index (χ1v) is 7.63. The van der Waals surface area contributed by atoms with Crippen molar-refractivity contribution in [2.45, 2.75) is 69.9 Å². The molecule has 98 valence electrons. The van der Waals surface area contributed by atoms with Gasteiger partial charge in [0.2, 0.25) is 0 Å². The van der Waals surface area contributed by atoms with Gasteiger partial charge in [-0.3, -0.25) is 4.90 Å². The summed E-state index contributed by atoms with van der Waals surface area (Å²) < 4.78 is 0. The van der Waals surface area contributed by atoms with Crippen LogP contribution in [0.5, 0.6) is 0 Å². The molecule has 4 atom stereocenters. The fourth-order valence-electron chi connectivity index (χ4n) is 4.62. The molecular weight excluding hydrogens is 210 g/mol. The van der Waals surface area contributed by atoms with Gasteiger partial charge in [-0.2, -0.15) is 0 Å². The Hall–Kier alpha value is -0.0800. The highest BCUT2D eigenvalue weighted by Crippen LogP contribution is 2.40. The summed E-state index contributed by atoms with van der Waals surface area (Å²) in [6.45, 7) is 4.56. The van der Waals surface area contributed by atoms with Crippen LogP contribution in [0.4, 0.5) is 0 Å². The summed E-state index contributed by atoms with van der Waals surface area (Å²) >= 11 is 0. The molecule has 0 aromatic rings. The number of likely N-dealkylation sites (tertiary alicyclic amines) is 1. The van der Waals surface area contributed by atoms with Crippen LogP contribution in [0.15, 0.2) is 0 Å². The number of aliphatic hydroxyl groups is 1. The van der Waals surface area contributed by atoms with E-state index < -0.39 is 5.60 Å². The average molecular weight is 237 g/mol. The molecule has 1 saturated heterocycles. The van der Waals surface area contributed by atoms with Crippen molar-refractivity contribution in [1.82, 2.24) is 4.90 Å². The Morgan fingerprint density at radius 2 is 1.76 bits per heavy atom. The van der Waals surface area contributed by atoms with Crippen LogP contribution in [-0.2, 0) is 0 Å². The van der Waals surface area contributed by atoms with Crippen molar-refractivity contribution >= 4 is 0 Å². The van der Waals surface area contributed by atoms with Crippen LogP contribution in [0.2, 0.25) is 0 Å². The fourth-order valence-corrected chi connectivity index (χ4v) is 4.62. The second kappa shape index (κ2) is 4.55. The van der Waals surface area contributed by atoms with Crippen molar-refractivity contribution in [3.8, 4) is 0 Å². The summed E-state index contributed by atoms with van der Waals surface area (Å²) in [5.74, 6) is 1.94. The van der Waals surface area contributed by atoms with Gasteiger partial charge in [-0.05, 0) is 57.4 Å². The smallest absolute Gasteiger partial charge is 0.0774 e. The molecule has 2 saturated carbocycles. The molecule has 2 heteroatoms. The summed E-state index contributed by atoms with van der Waals surface area (Å²) in [5.41, 5.74) is -0.415. The lowest BCUT2D eigenvalue weighted by atomic mass is 9.74. The molecule has 1 heterocycles. The second-order valence-electron chi connectivity index (χ2n) is 6.85. The highest BCUT2D eigenvalue weighted by atomic mass is 16.3. The zero-order valence-corrected chi connectivity index (χ0v) is 11.2. The summed E-state index contributed by atoms with van der Waals surface area (Å²) in [5, 5.41) is 10.5. The number of hydrogen-bond donors (Lipinski definition) is 1. The van der Waals surface area contributed by atoms with E-state index in [9.17, 15) is 5.11 Å². The van der Waals surface area contributed by atoms with E-state index in [4.69, 9.17) is 0 Å². The van der Waals surface area contributed by atoms with Crippen molar-refractivity contribution in [2.75, 3.05) is 13.1 Å². The lowest BCUT2D eigenvalue weighted by Gasteiger charge is -2.46. The quantitative estimate of drug-likeness (QED) is 0.758. The van der Waals surface area contributed by atoms with Crippen molar-refractivity contribution in [3.63, 3.8) is 0 Å². The number of piperidine rings is 1. The van der Waals surface area contributed by atoms with Gasteiger partial charge < -0.3 is 5.11 Å². The van der Waals surface area contributed by atoms with Gasteiger partial charge in [0.1, 0.15) is 0 Å². The highest BCUT2D eigenvalue weighted by Gasteiger charge is 2.43. The van der Waals surface area contributed by atoms with Gasteiger partial charge in [0.15, 0.2) is 0 Å². The van der Waals surface area contributed by atoms with E-state index in [-0.39, 0.29) is 0 Å². The molecule has 0 spiro atoms. The predicted octanol–water partition coefficient (Wildman–Crippen LogP) is 2.80. The molecule has 3 rings (SSSR count). The number of nitrogens with zero attached hydrogens (tertiary/aromatic N) is 1. The topological polar surface area (TPSA) is 23.5 Å². The molecule has 0 aromatic carbocycles. The summed E-state index contributed by atoms with van der Waals surface area (Å²) in [4.78, 5) is 2.62. The predicted molar refractivity (Wildman–Crippen MR) is 69.9 cm³/mol. The molecule has 3 fully saturated rings. The maximum absolute atomic E-state index is 10.5. The van der Waals surface area contributed by atoms with Gasteiger partial charge in [0.05, 0.1) is 5.60 Å². The molecule has 1 N–H and O–H groups in total. The van der Waals surface area contributed by atoms with Gasteiger partial charge in [-0.15, -0.1) is 0 Å². The lowest BCUT2D eigenvalue weighted by Crippen LogP contribution is -2.53. The third-order valence-electron chi connectivity index (χ3n) is 5.64. The van der Waals surface area contributed by atoms with Gasteiger partial charge in [0.25, 0.3) is 0 Å². The molecule has 2 nitrogen and oxygen atoms in total. The van der Waals surface area contributed by atoms with E-state index in [0.29, 0.717) is 6.04 Å². The van der Waals surface area contributed by atoms with Gasteiger partial charge in [-0.1, -0.05) is 19.3 Å². The Bertz CT molecular complexity index is 276. The minimum absolute atomic E-state index is 0.415. The molecule has 3 aliphatic rings. The van der Waals surface area contributed by atoms with Crippen LogP contribution >= 0.6 is 0 Å². The van der Waals surface area contributed by atoms with Crippen molar-refractivity contribution in [2.24, 2.45) is 11.8 Å². The molecule has 2 aliphatic carbocycles. The standard InChI is InChI=1S/C15H27NO/c1-15(17)9-4-7-14(15)16-10-8-12-5-2-3-6-13(12)11-16/h12-14,17H,2-11H2,1H3. The number of hydrogen-bond acceptors (Lipinski definition) is 2. The molecule has 1 aliphatic heterocycles. The molecule has 0 aromatic heterocycles. The van der Waals surface area contributed by atoms with E-state index in [1.54, 1.807) is 0 Å². The molecular formula is C15H27NO. The Labute approximate surface area is 105 Å². The first kappa shape index (κ1) is 12.0. The van der Waals surface area contributed by atoms with Crippen molar-refractivity contribution in [3.05, 3.63) is 0 Å². The van der Waals surface area contributed by atoms with Crippen LogP contribution in [0.1, 0.15) is 58.3 Å². The molecule has 17 heavy (non-hydrogen) atoms. The maximum Gasteiger partial charge on any atom is 0.0774 e. The third-order valence-corrected chi connectivity index (χ3v) is 5.64. The lowest BCUT2D eigenvalue weighted by molar-refractivity contribution is -0.0407. The zero-order chi connectivity index (χ0) is 11.9. The Morgan fingerprint density at radius 3 is 2.47 bits per heavy atom. The largest absolute Gasteiger partial charge is 0.389 e. The van der Waals surface area contributed by atoms with Crippen LogP contribution in [0.3, 0.4) is 0 Å². The Morgan fingerprint density at radius 1 is 1.00 bits per heavy atom. The van der Waals surface area contributed by atoms with Gasteiger partial charge in [-0.25, -0.2) is 0 Å². The fraction of sp³-hybridized carbons (Fsp3) is 1.00. The van der Waals surface area contributed by atoms with E-state index in [0.717, 1.165) is 18.3 Å². The average Bonchev–Trinajstić information content (AvgIpc) is 2.68. The number of fused-ring (bicyclic) bond motifs is 1. The minimum atomic E-state index is -0.415. The summed E-state index contributed by atoms with van der Waals surface area (Å²) in [6, 6.07) is 0.449. The normalized spacial score (nSPS) is 48.0. The third kappa shape index (κ3) is 2.26. The Balaban J connectivity index is 1.65. The van der Waals surface area contributed by atoms with Crippen LogP contribution in [-0.4, -0.2) is 34.7 Å². The van der Waals surface area contributed by atoms with Gasteiger partial charge in [0, 0.05) is 12.6 Å². The first-order chi connectivity index (χ1) is 8.17. The Kier molecular flexibility index (Phi) is 3.20. The summed E-state index contributed by atoms with van der Waals surface area (Å²) in [6.07, 6.45) is 10.6. The van der Waals surface area contributed by atoms with Gasteiger partial charge >= 0.3 is 0 Å². The highest BCUT2D eigenvalue weighted by molar-refractivity contribution is 4.97. The van der Waals surface area contributed by atoms with Crippen molar-refractivity contribution in [1.29, 1.82) is 0 Å².